The molecule has 0 aliphatic carbocycles. The van der Waals surface area contributed by atoms with Crippen molar-refractivity contribution in [1.82, 2.24) is 20.4 Å². The number of hydrogen-bond acceptors (Lipinski definition) is 6. The molecule has 146 valence electrons. The Morgan fingerprint density at radius 1 is 1.31 bits per heavy atom. The monoisotopic (exact) mass is 381 g/mol. The molecular weight excluding hydrogens is 350 g/mol. The van der Waals surface area contributed by atoms with Gasteiger partial charge in [0.25, 0.3) is 0 Å². The predicted molar refractivity (Wildman–Crippen MR) is 106 cm³/mol. The zero-order valence-electron chi connectivity index (χ0n) is 15.8. The highest BCUT2D eigenvalue weighted by Gasteiger charge is 2.24. The van der Waals surface area contributed by atoms with Gasteiger partial charge in [-0.05, 0) is 18.5 Å². The first-order chi connectivity index (χ1) is 12.8. The minimum atomic E-state index is 0.208. The lowest BCUT2D eigenvalue weighted by molar-refractivity contribution is -0.0161. The molecule has 2 saturated heterocycles. The van der Waals surface area contributed by atoms with Crippen molar-refractivity contribution < 1.29 is 9.47 Å². The molecule has 0 aromatic carbocycles. The summed E-state index contributed by atoms with van der Waals surface area (Å²) in [5.74, 6) is 0.830. The zero-order valence-corrected chi connectivity index (χ0v) is 16.6. The van der Waals surface area contributed by atoms with Crippen LogP contribution in [0.4, 0.5) is 0 Å². The minimum absolute atomic E-state index is 0.208. The lowest BCUT2D eigenvalue weighted by Gasteiger charge is -2.34. The Kier molecular flexibility index (Phi) is 7.69. The Hall–Kier alpha value is -1.19. The largest absolute Gasteiger partial charge is 0.379 e. The van der Waals surface area contributed by atoms with Crippen molar-refractivity contribution in [3.05, 3.63) is 22.4 Å². The quantitative estimate of drug-likeness (QED) is 0.556. The van der Waals surface area contributed by atoms with E-state index in [1.165, 1.54) is 4.88 Å². The maximum absolute atomic E-state index is 5.82. The fraction of sp³-hybridized carbons (Fsp3) is 0.722. The topological polar surface area (TPSA) is 61.4 Å². The van der Waals surface area contributed by atoms with Crippen molar-refractivity contribution in [2.24, 2.45) is 4.99 Å². The molecule has 2 aliphatic heterocycles. The molecule has 7 nitrogen and oxygen atoms in total. The third-order valence-electron chi connectivity index (χ3n) is 4.88. The van der Waals surface area contributed by atoms with Gasteiger partial charge in [0, 0.05) is 51.2 Å². The van der Waals surface area contributed by atoms with Crippen LogP contribution in [0.1, 0.15) is 10.9 Å². The maximum Gasteiger partial charge on any atom is 0.191 e. The Labute approximate surface area is 160 Å². The third kappa shape index (κ3) is 5.65. The summed E-state index contributed by atoms with van der Waals surface area (Å²) >= 11 is 1.81. The molecule has 0 amide bonds. The van der Waals surface area contributed by atoms with E-state index in [9.17, 15) is 0 Å². The summed E-state index contributed by atoms with van der Waals surface area (Å²) in [7, 11) is 3.95. The number of nitrogens with one attached hydrogen (secondary N) is 2. The molecule has 0 radical (unpaired) electrons. The molecule has 2 fully saturated rings. The molecule has 2 atom stereocenters. The molecule has 0 spiro atoms. The van der Waals surface area contributed by atoms with Crippen LogP contribution in [0.5, 0.6) is 0 Å². The van der Waals surface area contributed by atoms with E-state index in [0.29, 0.717) is 6.04 Å². The summed E-state index contributed by atoms with van der Waals surface area (Å²) in [5, 5.41) is 9.06. The molecule has 8 heteroatoms. The summed E-state index contributed by atoms with van der Waals surface area (Å²) < 4.78 is 11.3. The number of morpholine rings is 2. The van der Waals surface area contributed by atoms with Gasteiger partial charge in [-0.15, -0.1) is 11.3 Å². The van der Waals surface area contributed by atoms with Crippen LogP contribution in [0.15, 0.2) is 22.5 Å². The van der Waals surface area contributed by atoms with Gasteiger partial charge >= 0.3 is 0 Å². The van der Waals surface area contributed by atoms with Crippen LogP contribution in [-0.4, -0.2) is 95.0 Å². The fourth-order valence-electron chi connectivity index (χ4n) is 3.39. The van der Waals surface area contributed by atoms with E-state index in [1.807, 2.05) is 18.4 Å². The molecule has 2 aliphatic rings. The second-order valence-corrected chi connectivity index (χ2v) is 7.75. The summed E-state index contributed by atoms with van der Waals surface area (Å²) in [6.45, 7) is 7.91. The van der Waals surface area contributed by atoms with Crippen LogP contribution in [0.2, 0.25) is 0 Å². The summed E-state index contributed by atoms with van der Waals surface area (Å²) in [4.78, 5) is 10.6. The summed E-state index contributed by atoms with van der Waals surface area (Å²) in [6.07, 6.45) is 0.208. The Morgan fingerprint density at radius 3 is 2.85 bits per heavy atom. The van der Waals surface area contributed by atoms with E-state index in [1.54, 1.807) is 0 Å². The molecular formula is C18H31N5O2S. The van der Waals surface area contributed by atoms with Crippen molar-refractivity contribution in [2.45, 2.75) is 12.1 Å². The lowest BCUT2D eigenvalue weighted by Crippen LogP contribution is -2.50. The van der Waals surface area contributed by atoms with Gasteiger partial charge in [0.2, 0.25) is 0 Å². The molecule has 1 aromatic heterocycles. The van der Waals surface area contributed by atoms with Crippen LogP contribution in [0.3, 0.4) is 0 Å². The number of likely N-dealkylation sites (N-methyl/N-ethyl adjacent to an activating group) is 1. The van der Waals surface area contributed by atoms with Gasteiger partial charge in [-0.25, -0.2) is 0 Å². The fourth-order valence-corrected chi connectivity index (χ4v) is 4.26. The Balaban J connectivity index is 1.51. The van der Waals surface area contributed by atoms with E-state index >= 15 is 0 Å². The van der Waals surface area contributed by atoms with E-state index in [0.717, 1.165) is 65.0 Å². The van der Waals surface area contributed by atoms with Crippen molar-refractivity contribution in [3.8, 4) is 0 Å². The SMILES string of the molecule is CN=C(NCC1CN(C)CCO1)NCC(c1cccs1)N1CCOCC1. The van der Waals surface area contributed by atoms with Crippen LogP contribution in [-0.2, 0) is 9.47 Å². The van der Waals surface area contributed by atoms with Gasteiger partial charge in [-0.2, -0.15) is 0 Å². The van der Waals surface area contributed by atoms with Crippen LogP contribution in [0, 0.1) is 0 Å². The number of rotatable bonds is 6. The van der Waals surface area contributed by atoms with E-state index in [2.05, 4.69) is 50.0 Å². The molecule has 2 unspecified atom stereocenters. The van der Waals surface area contributed by atoms with Crippen LogP contribution >= 0.6 is 11.3 Å². The van der Waals surface area contributed by atoms with Crippen molar-refractivity contribution in [1.29, 1.82) is 0 Å². The maximum atomic E-state index is 5.82. The first-order valence-corrected chi connectivity index (χ1v) is 10.2. The Morgan fingerprint density at radius 2 is 2.15 bits per heavy atom. The number of nitrogens with zero attached hydrogens (tertiary/aromatic N) is 3. The van der Waals surface area contributed by atoms with Gasteiger partial charge in [0.05, 0.1) is 32.0 Å². The van der Waals surface area contributed by atoms with Crippen molar-refractivity contribution in [2.75, 3.05) is 73.2 Å². The molecule has 1 aromatic rings. The van der Waals surface area contributed by atoms with Gasteiger partial charge in [-0.1, -0.05) is 6.07 Å². The predicted octanol–water partition coefficient (Wildman–Crippen LogP) is 0.617. The first-order valence-electron chi connectivity index (χ1n) is 9.36. The molecule has 26 heavy (non-hydrogen) atoms. The van der Waals surface area contributed by atoms with Gasteiger partial charge in [0.15, 0.2) is 5.96 Å². The number of hydrogen-bond donors (Lipinski definition) is 2. The smallest absolute Gasteiger partial charge is 0.191 e. The third-order valence-corrected chi connectivity index (χ3v) is 5.86. The number of ether oxygens (including phenoxy) is 2. The Bertz CT molecular complexity index is 548. The normalized spacial score (nSPS) is 24.4. The molecule has 3 rings (SSSR count). The number of aliphatic imine (C=N–C) groups is 1. The second-order valence-electron chi connectivity index (χ2n) is 6.77. The molecule has 0 saturated carbocycles. The van der Waals surface area contributed by atoms with Gasteiger partial charge < -0.3 is 25.0 Å². The highest BCUT2D eigenvalue weighted by Crippen LogP contribution is 2.25. The van der Waals surface area contributed by atoms with E-state index in [4.69, 9.17) is 9.47 Å². The number of thiophene rings is 1. The van der Waals surface area contributed by atoms with Crippen molar-refractivity contribution in [3.63, 3.8) is 0 Å². The highest BCUT2D eigenvalue weighted by atomic mass is 32.1. The van der Waals surface area contributed by atoms with Crippen molar-refractivity contribution >= 4 is 17.3 Å². The van der Waals surface area contributed by atoms with Gasteiger partial charge in [-0.3, -0.25) is 9.89 Å². The van der Waals surface area contributed by atoms with Crippen LogP contribution in [0.25, 0.3) is 0 Å². The summed E-state index contributed by atoms with van der Waals surface area (Å²) in [5.41, 5.74) is 0. The lowest BCUT2D eigenvalue weighted by atomic mass is 10.2. The summed E-state index contributed by atoms with van der Waals surface area (Å²) in [6, 6.07) is 4.68. The average molecular weight is 382 g/mol. The first kappa shape index (κ1) is 19.6. The standard InChI is InChI=1S/C18H31N5O2S/c1-19-18(20-12-15-14-22(2)5-10-25-15)21-13-16(17-4-3-11-26-17)23-6-8-24-9-7-23/h3-4,11,15-16H,5-10,12-14H2,1-2H3,(H2,19,20,21). The van der Waals surface area contributed by atoms with Crippen LogP contribution < -0.4 is 10.6 Å². The van der Waals surface area contributed by atoms with Gasteiger partial charge in [0.1, 0.15) is 0 Å². The minimum Gasteiger partial charge on any atom is -0.379 e. The van der Waals surface area contributed by atoms with E-state index in [-0.39, 0.29) is 6.10 Å². The zero-order chi connectivity index (χ0) is 18.2. The van der Waals surface area contributed by atoms with E-state index < -0.39 is 0 Å². The molecule has 2 N–H and O–H groups in total. The highest BCUT2D eigenvalue weighted by molar-refractivity contribution is 7.10. The average Bonchev–Trinajstić information content (AvgIpc) is 3.20. The molecule has 0 bridgehead atoms. The number of guanidine groups is 1. The molecule has 3 heterocycles. The second kappa shape index (κ2) is 10.2.